The Morgan fingerprint density at radius 1 is 1.57 bits per heavy atom. The molecular formula is C9H15NO3S. The molecule has 0 amide bonds. The van der Waals surface area contributed by atoms with Gasteiger partial charge in [-0.2, -0.15) is 0 Å². The molecule has 2 aliphatic rings. The molecular weight excluding hydrogens is 202 g/mol. The molecule has 2 aliphatic heterocycles. The van der Waals surface area contributed by atoms with Crippen LogP contribution >= 0.6 is 11.8 Å². The van der Waals surface area contributed by atoms with Gasteiger partial charge in [0.15, 0.2) is 0 Å². The van der Waals surface area contributed by atoms with E-state index in [1.54, 1.807) is 11.8 Å². The third kappa shape index (κ3) is 1.34. The van der Waals surface area contributed by atoms with Crippen molar-refractivity contribution in [1.29, 1.82) is 0 Å². The van der Waals surface area contributed by atoms with Crippen molar-refractivity contribution in [3.8, 4) is 0 Å². The van der Waals surface area contributed by atoms with Crippen LogP contribution in [0.5, 0.6) is 0 Å². The zero-order chi connectivity index (χ0) is 10.4. The number of carbonyl (C=O) groups is 1. The van der Waals surface area contributed by atoms with Crippen molar-refractivity contribution in [3.63, 3.8) is 0 Å². The summed E-state index contributed by atoms with van der Waals surface area (Å²) >= 11 is 1.68. The summed E-state index contributed by atoms with van der Waals surface area (Å²) in [5.41, 5.74) is 0.00185. The second kappa shape index (κ2) is 3.12. The Bertz CT molecular complexity index is 269. The van der Waals surface area contributed by atoms with Gasteiger partial charge in [0.05, 0.1) is 18.1 Å². The molecule has 5 heteroatoms. The summed E-state index contributed by atoms with van der Waals surface area (Å²) in [7, 11) is 0. The van der Waals surface area contributed by atoms with Crippen LogP contribution in [0, 0.1) is 5.41 Å². The van der Waals surface area contributed by atoms with Gasteiger partial charge in [-0.05, 0) is 0 Å². The van der Waals surface area contributed by atoms with Crippen LogP contribution in [-0.4, -0.2) is 41.0 Å². The van der Waals surface area contributed by atoms with Crippen LogP contribution in [0.15, 0.2) is 0 Å². The van der Waals surface area contributed by atoms with Crippen LogP contribution in [0.2, 0.25) is 0 Å². The first-order chi connectivity index (χ1) is 6.47. The Morgan fingerprint density at radius 3 is 2.71 bits per heavy atom. The van der Waals surface area contributed by atoms with Crippen LogP contribution in [0.3, 0.4) is 0 Å². The van der Waals surface area contributed by atoms with Crippen molar-refractivity contribution in [1.82, 2.24) is 5.32 Å². The number of thioether (sulfide) groups is 1. The van der Waals surface area contributed by atoms with Gasteiger partial charge in [0.1, 0.15) is 6.04 Å². The minimum Gasteiger partial charge on any atom is -0.480 e. The molecule has 0 aromatic carbocycles. The SMILES string of the molecule is CC1(C)COCC12N[C@H](C(=O)O)CS2. The first-order valence-corrected chi connectivity index (χ1v) is 5.68. The van der Waals surface area contributed by atoms with Crippen molar-refractivity contribution >= 4 is 17.7 Å². The molecule has 0 aromatic rings. The van der Waals surface area contributed by atoms with E-state index in [1.807, 2.05) is 0 Å². The van der Waals surface area contributed by atoms with E-state index in [0.29, 0.717) is 19.0 Å². The zero-order valence-electron chi connectivity index (χ0n) is 8.37. The monoisotopic (exact) mass is 217 g/mol. The molecule has 4 nitrogen and oxygen atoms in total. The highest BCUT2D eigenvalue weighted by Gasteiger charge is 2.55. The summed E-state index contributed by atoms with van der Waals surface area (Å²) in [6, 6.07) is -0.430. The Balaban J connectivity index is 2.16. The van der Waals surface area contributed by atoms with Gasteiger partial charge < -0.3 is 9.84 Å². The number of rotatable bonds is 1. The highest BCUT2D eigenvalue weighted by Crippen LogP contribution is 2.48. The number of hydrogen-bond acceptors (Lipinski definition) is 4. The molecule has 2 N–H and O–H groups in total. The van der Waals surface area contributed by atoms with Crippen molar-refractivity contribution in [2.75, 3.05) is 19.0 Å². The number of aliphatic carboxylic acids is 1. The van der Waals surface area contributed by atoms with E-state index in [-0.39, 0.29) is 10.3 Å². The summed E-state index contributed by atoms with van der Waals surface area (Å²) in [5.74, 6) is -0.139. The predicted octanol–water partition coefficient (Wildman–Crippen LogP) is 0.529. The van der Waals surface area contributed by atoms with Gasteiger partial charge in [-0.15, -0.1) is 11.8 Å². The van der Waals surface area contributed by atoms with Gasteiger partial charge in [-0.3, -0.25) is 10.1 Å². The number of ether oxygens (including phenoxy) is 1. The van der Waals surface area contributed by atoms with Gasteiger partial charge in [0.2, 0.25) is 0 Å². The molecule has 2 atom stereocenters. The predicted molar refractivity (Wildman–Crippen MR) is 54.3 cm³/mol. The second-order valence-corrected chi connectivity index (χ2v) is 5.87. The van der Waals surface area contributed by atoms with Crippen LogP contribution in [0.1, 0.15) is 13.8 Å². The van der Waals surface area contributed by atoms with Crippen molar-refractivity contribution in [2.24, 2.45) is 5.41 Å². The van der Waals surface area contributed by atoms with E-state index in [1.165, 1.54) is 0 Å². The molecule has 1 unspecified atom stereocenters. The average molecular weight is 217 g/mol. The first-order valence-electron chi connectivity index (χ1n) is 4.69. The number of nitrogens with one attached hydrogen (secondary N) is 1. The summed E-state index contributed by atoms with van der Waals surface area (Å²) in [5, 5.41) is 12.1. The van der Waals surface area contributed by atoms with Crippen LogP contribution in [0.4, 0.5) is 0 Å². The fourth-order valence-electron chi connectivity index (χ4n) is 1.96. The molecule has 14 heavy (non-hydrogen) atoms. The molecule has 2 heterocycles. The van der Waals surface area contributed by atoms with E-state index in [0.717, 1.165) is 0 Å². The Morgan fingerprint density at radius 2 is 2.29 bits per heavy atom. The minimum atomic E-state index is -0.767. The molecule has 1 spiro atoms. The third-order valence-corrected chi connectivity index (χ3v) is 4.84. The normalized spacial score (nSPS) is 40.6. The largest absolute Gasteiger partial charge is 0.480 e. The summed E-state index contributed by atoms with van der Waals surface area (Å²) < 4.78 is 5.45. The summed E-state index contributed by atoms with van der Waals surface area (Å²) in [6.07, 6.45) is 0. The highest BCUT2D eigenvalue weighted by atomic mass is 32.2. The molecule has 0 aliphatic carbocycles. The number of hydrogen-bond donors (Lipinski definition) is 2. The van der Waals surface area contributed by atoms with Gasteiger partial charge in [0, 0.05) is 11.2 Å². The van der Waals surface area contributed by atoms with Crippen LogP contribution < -0.4 is 5.32 Å². The number of carboxylic acids is 1. The molecule has 2 fully saturated rings. The maximum absolute atomic E-state index is 10.8. The third-order valence-electron chi connectivity index (χ3n) is 3.06. The molecule has 0 bridgehead atoms. The first kappa shape index (κ1) is 10.3. The lowest BCUT2D eigenvalue weighted by atomic mass is 9.87. The molecule has 80 valence electrons. The smallest absolute Gasteiger partial charge is 0.321 e. The highest BCUT2D eigenvalue weighted by molar-refractivity contribution is 8.01. The molecule has 0 aromatic heterocycles. The average Bonchev–Trinajstić information content (AvgIpc) is 2.60. The Hall–Kier alpha value is -0.260. The summed E-state index contributed by atoms with van der Waals surface area (Å²) in [4.78, 5) is 10.6. The van der Waals surface area contributed by atoms with Crippen LogP contribution in [0.25, 0.3) is 0 Å². The quantitative estimate of drug-likeness (QED) is 0.671. The van der Waals surface area contributed by atoms with E-state index in [9.17, 15) is 4.79 Å². The molecule has 0 saturated carbocycles. The Labute approximate surface area is 87.4 Å². The van der Waals surface area contributed by atoms with E-state index in [2.05, 4.69) is 19.2 Å². The van der Waals surface area contributed by atoms with Gasteiger partial charge in [-0.25, -0.2) is 0 Å². The van der Waals surface area contributed by atoms with Crippen LogP contribution in [-0.2, 0) is 9.53 Å². The van der Waals surface area contributed by atoms with E-state index in [4.69, 9.17) is 9.84 Å². The van der Waals surface area contributed by atoms with Gasteiger partial charge in [0.25, 0.3) is 0 Å². The van der Waals surface area contributed by atoms with Crippen molar-refractivity contribution < 1.29 is 14.6 Å². The van der Waals surface area contributed by atoms with E-state index >= 15 is 0 Å². The Kier molecular flexibility index (Phi) is 2.28. The number of carboxylic acid groups (broad SMARTS) is 1. The maximum atomic E-state index is 10.8. The standard InChI is InChI=1S/C9H15NO3S/c1-8(2)4-13-5-9(8)10-6(3-14-9)7(11)12/h6,10H,3-5H2,1-2H3,(H,11,12)/t6-,9?/m0/s1. The lowest BCUT2D eigenvalue weighted by molar-refractivity contribution is -0.139. The summed E-state index contributed by atoms with van der Waals surface area (Å²) in [6.45, 7) is 5.53. The fraction of sp³-hybridized carbons (Fsp3) is 0.889. The van der Waals surface area contributed by atoms with E-state index < -0.39 is 12.0 Å². The molecule has 2 saturated heterocycles. The van der Waals surface area contributed by atoms with Crippen molar-refractivity contribution in [3.05, 3.63) is 0 Å². The molecule has 0 radical (unpaired) electrons. The van der Waals surface area contributed by atoms with Gasteiger partial charge >= 0.3 is 5.97 Å². The lowest BCUT2D eigenvalue weighted by Crippen LogP contribution is -2.53. The lowest BCUT2D eigenvalue weighted by Gasteiger charge is -2.35. The minimum absolute atomic E-state index is 0.00185. The fourth-order valence-corrected chi connectivity index (χ4v) is 3.48. The maximum Gasteiger partial charge on any atom is 0.321 e. The van der Waals surface area contributed by atoms with Crippen molar-refractivity contribution in [2.45, 2.75) is 24.8 Å². The second-order valence-electron chi connectivity index (χ2n) is 4.55. The topological polar surface area (TPSA) is 58.6 Å². The molecule has 2 rings (SSSR count). The van der Waals surface area contributed by atoms with Gasteiger partial charge in [-0.1, -0.05) is 13.8 Å². The zero-order valence-corrected chi connectivity index (χ0v) is 9.19.